The molecule has 0 aliphatic carbocycles. The summed E-state index contributed by atoms with van der Waals surface area (Å²) in [5.41, 5.74) is 1.57. The SMILES string of the molecule is O=[N+]([O-])c1c(-c2ccc(-c3ccccc3)s2)c2c(c(-c3ccc(-c4ccccc4)s3)c1[N+](=O)[O-])N=S=N2. The fraction of sp³-hybridized carbons (Fsp3) is 0. The average molecular weight is 543 g/mol. The second-order valence-corrected chi connectivity index (χ2v) is 10.7. The minimum absolute atomic E-state index is 0.122. The summed E-state index contributed by atoms with van der Waals surface area (Å²) in [5.74, 6) is 0. The molecule has 0 unspecified atom stereocenters. The number of hydrogen-bond donors (Lipinski definition) is 0. The van der Waals surface area contributed by atoms with Crippen LogP contribution in [0.5, 0.6) is 0 Å². The first-order valence-corrected chi connectivity index (χ1v) is 13.3. The van der Waals surface area contributed by atoms with E-state index in [-0.39, 0.29) is 22.5 Å². The van der Waals surface area contributed by atoms with Crippen molar-refractivity contribution in [2.45, 2.75) is 0 Å². The molecule has 3 aromatic carbocycles. The van der Waals surface area contributed by atoms with Crippen molar-refractivity contribution in [3.63, 3.8) is 0 Å². The zero-order valence-electron chi connectivity index (χ0n) is 18.7. The molecule has 0 N–H and O–H groups in total. The van der Waals surface area contributed by atoms with Gasteiger partial charge in [0.2, 0.25) is 0 Å². The van der Waals surface area contributed by atoms with E-state index in [0.717, 1.165) is 32.2 Å². The van der Waals surface area contributed by atoms with Crippen molar-refractivity contribution in [1.82, 2.24) is 0 Å². The van der Waals surface area contributed by atoms with Gasteiger partial charge in [0.1, 0.15) is 22.5 Å². The number of nitro groups is 2. The zero-order valence-corrected chi connectivity index (χ0v) is 21.2. The van der Waals surface area contributed by atoms with E-state index in [9.17, 15) is 20.2 Å². The summed E-state index contributed by atoms with van der Waals surface area (Å²) in [6, 6.07) is 26.4. The van der Waals surface area contributed by atoms with Crippen LogP contribution in [0.4, 0.5) is 22.7 Å². The molecule has 6 rings (SSSR count). The molecule has 0 fully saturated rings. The number of fused-ring (bicyclic) bond motifs is 1. The van der Waals surface area contributed by atoms with Gasteiger partial charge in [-0.1, -0.05) is 60.7 Å². The normalized spacial score (nSPS) is 11.8. The van der Waals surface area contributed by atoms with Crippen LogP contribution < -0.4 is 0 Å². The molecule has 0 saturated carbocycles. The van der Waals surface area contributed by atoms with Crippen LogP contribution in [0, 0.1) is 20.2 Å². The Balaban J connectivity index is 1.60. The van der Waals surface area contributed by atoms with Crippen LogP contribution in [-0.4, -0.2) is 9.85 Å². The van der Waals surface area contributed by atoms with Crippen LogP contribution in [0.3, 0.4) is 0 Å². The molecule has 0 spiro atoms. The summed E-state index contributed by atoms with van der Waals surface area (Å²) in [6.07, 6.45) is 0. The van der Waals surface area contributed by atoms with Gasteiger partial charge in [0.25, 0.3) is 0 Å². The van der Waals surface area contributed by atoms with Crippen LogP contribution in [0.15, 0.2) is 93.7 Å². The highest BCUT2D eigenvalue weighted by atomic mass is 32.1. The lowest BCUT2D eigenvalue weighted by atomic mass is 9.98. The zero-order chi connectivity index (χ0) is 25.5. The third-order valence-electron chi connectivity index (χ3n) is 5.85. The van der Waals surface area contributed by atoms with Gasteiger partial charge in [-0.15, -0.1) is 22.7 Å². The Kier molecular flexibility index (Phi) is 5.80. The lowest BCUT2D eigenvalue weighted by Crippen LogP contribution is -2.01. The van der Waals surface area contributed by atoms with E-state index in [2.05, 4.69) is 8.73 Å². The maximum Gasteiger partial charge on any atom is 0.357 e. The maximum atomic E-state index is 12.4. The van der Waals surface area contributed by atoms with E-state index in [1.165, 1.54) is 22.7 Å². The summed E-state index contributed by atoms with van der Waals surface area (Å²) in [6.45, 7) is 0. The summed E-state index contributed by atoms with van der Waals surface area (Å²) in [7, 11) is 0. The van der Waals surface area contributed by atoms with E-state index in [1.807, 2.05) is 72.8 Å². The minimum Gasteiger partial charge on any atom is -0.258 e. The third-order valence-corrected chi connectivity index (χ3v) is 8.68. The van der Waals surface area contributed by atoms with Crippen LogP contribution in [0.1, 0.15) is 0 Å². The summed E-state index contributed by atoms with van der Waals surface area (Å²) < 4.78 is 8.77. The van der Waals surface area contributed by atoms with Gasteiger partial charge in [0.05, 0.1) is 21.2 Å². The fourth-order valence-corrected chi connectivity index (χ4v) is 6.94. The fourth-order valence-electron chi connectivity index (χ4n) is 4.26. The molecule has 0 radical (unpaired) electrons. The highest BCUT2D eigenvalue weighted by Gasteiger charge is 2.41. The van der Waals surface area contributed by atoms with Crippen molar-refractivity contribution in [2.75, 3.05) is 0 Å². The molecule has 1 aliphatic heterocycles. The van der Waals surface area contributed by atoms with Crippen LogP contribution in [0.2, 0.25) is 0 Å². The van der Waals surface area contributed by atoms with Crippen molar-refractivity contribution in [3.05, 3.63) is 105 Å². The molecule has 5 aromatic rings. The largest absolute Gasteiger partial charge is 0.357 e. The molecule has 0 saturated heterocycles. The van der Waals surface area contributed by atoms with Crippen molar-refractivity contribution in [3.8, 4) is 41.8 Å². The number of rotatable bonds is 6. The number of nitrogens with zero attached hydrogens (tertiary/aromatic N) is 4. The van der Waals surface area contributed by atoms with E-state index < -0.39 is 21.2 Å². The third kappa shape index (κ3) is 3.99. The Morgan fingerprint density at radius 1 is 0.541 bits per heavy atom. The molecular formula is C26H14N4O4S3. The molecule has 0 amide bonds. The van der Waals surface area contributed by atoms with Gasteiger partial charge in [-0.2, -0.15) is 8.73 Å². The van der Waals surface area contributed by atoms with Gasteiger partial charge >= 0.3 is 11.4 Å². The van der Waals surface area contributed by atoms with Crippen LogP contribution >= 0.6 is 22.7 Å². The first-order valence-electron chi connectivity index (χ1n) is 10.9. The van der Waals surface area contributed by atoms with Gasteiger partial charge in [-0.05, 0) is 35.4 Å². The predicted octanol–water partition coefficient (Wildman–Crippen LogP) is 9.02. The molecule has 180 valence electrons. The maximum absolute atomic E-state index is 12.4. The number of hydrogen-bond acceptors (Lipinski definition) is 8. The van der Waals surface area contributed by atoms with E-state index in [1.54, 1.807) is 12.1 Å². The van der Waals surface area contributed by atoms with Crippen molar-refractivity contribution in [1.29, 1.82) is 0 Å². The quantitative estimate of drug-likeness (QED) is 0.154. The van der Waals surface area contributed by atoms with Gasteiger partial charge < -0.3 is 0 Å². The monoisotopic (exact) mass is 542 g/mol. The molecule has 3 heterocycles. The molecule has 1 aliphatic rings. The van der Waals surface area contributed by atoms with Crippen LogP contribution in [0.25, 0.3) is 41.8 Å². The molecule has 11 heteroatoms. The number of benzene rings is 3. The van der Waals surface area contributed by atoms with E-state index >= 15 is 0 Å². The Labute approximate surface area is 221 Å². The van der Waals surface area contributed by atoms with Gasteiger partial charge in [-0.25, -0.2) is 0 Å². The smallest absolute Gasteiger partial charge is 0.258 e. The van der Waals surface area contributed by atoms with E-state index in [0.29, 0.717) is 9.75 Å². The second kappa shape index (κ2) is 9.28. The summed E-state index contributed by atoms with van der Waals surface area (Å²) in [5, 5.41) is 24.9. The molecule has 37 heavy (non-hydrogen) atoms. The summed E-state index contributed by atoms with van der Waals surface area (Å²) in [4.78, 5) is 26.3. The molecular weight excluding hydrogens is 529 g/mol. The molecule has 0 bridgehead atoms. The number of thiophene rings is 2. The second-order valence-electron chi connectivity index (χ2n) is 7.98. The predicted molar refractivity (Wildman–Crippen MR) is 149 cm³/mol. The Bertz CT molecular complexity index is 1650. The highest BCUT2D eigenvalue weighted by molar-refractivity contribution is 7.58. The minimum atomic E-state index is -0.677. The molecule has 8 nitrogen and oxygen atoms in total. The lowest BCUT2D eigenvalue weighted by molar-refractivity contribution is -0.421. The first-order chi connectivity index (χ1) is 18.0. The Morgan fingerprint density at radius 3 is 1.30 bits per heavy atom. The standard InChI is InChI=1S/C26H14N4O4S3/c31-29(32)25-21(19-13-11-17(35-19)15-7-3-1-4-8-15)23-24(28-37-27-23)22(26(25)30(33)34)20-14-12-18(36-20)16-9-5-2-6-10-16/h1-14H. The highest BCUT2D eigenvalue weighted by Crippen LogP contribution is 2.59. The van der Waals surface area contributed by atoms with Gasteiger partial charge in [0, 0.05) is 19.5 Å². The van der Waals surface area contributed by atoms with E-state index in [4.69, 9.17) is 0 Å². The molecule has 2 aromatic heterocycles. The molecule has 0 atom stereocenters. The number of nitro benzene ring substituents is 2. The van der Waals surface area contributed by atoms with Gasteiger partial charge in [0.15, 0.2) is 0 Å². The summed E-state index contributed by atoms with van der Waals surface area (Å²) >= 11 is 3.53. The first kappa shape index (κ1) is 23.1. The Morgan fingerprint density at radius 2 is 0.919 bits per heavy atom. The van der Waals surface area contributed by atoms with Crippen molar-refractivity contribution in [2.24, 2.45) is 8.73 Å². The lowest BCUT2D eigenvalue weighted by Gasteiger charge is -2.10. The van der Waals surface area contributed by atoms with Crippen molar-refractivity contribution < 1.29 is 9.85 Å². The Hall–Kier alpha value is -4.32. The van der Waals surface area contributed by atoms with Crippen molar-refractivity contribution >= 4 is 56.8 Å². The topological polar surface area (TPSA) is 111 Å². The van der Waals surface area contributed by atoms with Gasteiger partial charge in [-0.3, -0.25) is 20.2 Å². The van der Waals surface area contributed by atoms with Crippen LogP contribution in [-0.2, 0) is 11.4 Å². The average Bonchev–Trinajstić information content (AvgIpc) is 3.69.